The summed E-state index contributed by atoms with van der Waals surface area (Å²) in [5, 5.41) is 0. The quantitative estimate of drug-likeness (QED) is 0.316. The van der Waals surface area contributed by atoms with Gasteiger partial charge in [0.15, 0.2) is 6.29 Å². The Kier molecular flexibility index (Phi) is 0.199. The average molecular weight is 85.0 g/mol. The zero-order chi connectivity index (χ0) is 4.20. The van der Waals surface area contributed by atoms with Crippen LogP contribution in [0.5, 0.6) is 0 Å². The zero-order valence-corrected chi connectivity index (χ0v) is 2.80. The van der Waals surface area contributed by atoms with Gasteiger partial charge < -0.3 is 0 Å². The number of carbonyl (C=O) groups is 1. The van der Waals surface area contributed by atoms with Crippen LogP contribution in [0.1, 0.15) is 0 Å². The summed E-state index contributed by atoms with van der Waals surface area (Å²) in [4.78, 5) is 9.66. The lowest BCUT2D eigenvalue weighted by Crippen LogP contribution is -1.97. The fourth-order valence-corrected chi connectivity index (χ4v) is 0.328. The van der Waals surface area contributed by atoms with Crippen molar-refractivity contribution < 1.29 is 14.3 Å². The lowest BCUT2D eigenvalue weighted by atomic mass is 10.5. The van der Waals surface area contributed by atoms with Crippen LogP contribution in [0.15, 0.2) is 0 Å². The van der Waals surface area contributed by atoms with Gasteiger partial charge >= 0.3 is 0 Å². The Morgan fingerprint density at radius 2 is 2.17 bits per heavy atom. The number of fused-ring (bicyclic) bond motifs is 1. The first-order chi connectivity index (χ1) is 2.87. The summed E-state index contributed by atoms with van der Waals surface area (Å²) in [5.41, 5.74) is 0. The van der Waals surface area contributed by atoms with Gasteiger partial charge in [0.1, 0.15) is 0 Å². The fourth-order valence-electron chi connectivity index (χ4n) is 0.328. The van der Waals surface area contributed by atoms with Gasteiger partial charge in [-0.05, 0) is 0 Å². The van der Waals surface area contributed by atoms with Crippen LogP contribution in [0.2, 0.25) is 0 Å². The number of aldehydes is 1. The second-order valence-electron chi connectivity index (χ2n) is 1.28. The molecule has 0 atom stereocenters. The van der Waals surface area contributed by atoms with E-state index in [1.807, 2.05) is 0 Å². The molecule has 3 nitrogen and oxygen atoms in total. The molecule has 31 valence electrons. The summed E-state index contributed by atoms with van der Waals surface area (Å²) >= 11 is 0. The van der Waals surface area contributed by atoms with Gasteiger partial charge in [0.05, 0.1) is 0 Å². The molecule has 0 unspecified atom stereocenters. The van der Waals surface area contributed by atoms with E-state index < -0.39 is 5.79 Å². The molecule has 0 amide bonds. The van der Waals surface area contributed by atoms with Crippen molar-refractivity contribution in [3.05, 3.63) is 6.29 Å². The first-order valence-corrected chi connectivity index (χ1v) is 1.59. The summed E-state index contributed by atoms with van der Waals surface area (Å²) in [7, 11) is 0. The van der Waals surface area contributed by atoms with Crippen LogP contribution in [-0.4, -0.2) is 12.1 Å². The predicted octanol–water partition coefficient (Wildman–Crippen LogP) is -0.569. The van der Waals surface area contributed by atoms with Crippen molar-refractivity contribution in [2.45, 2.75) is 5.79 Å². The Hall–Kier alpha value is -0.410. The largest absolute Gasteiger partial charge is 0.300 e. The second kappa shape index (κ2) is 0.440. The van der Waals surface area contributed by atoms with Crippen molar-refractivity contribution in [3.8, 4) is 0 Å². The molecule has 0 bridgehead atoms. The molecule has 2 saturated heterocycles. The molecule has 1 radical (unpaired) electrons. The molecule has 0 aromatic heterocycles. The van der Waals surface area contributed by atoms with Crippen molar-refractivity contribution in [3.63, 3.8) is 0 Å². The van der Waals surface area contributed by atoms with E-state index in [2.05, 4.69) is 9.47 Å². The number of epoxide rings is 2. The number of ether oxygens (including phenoxy) is 2. The lowest BCUT2D eigenvalue weighted by Gasteiger charge is -1.79. The minimum Gasteiger partial charge on any atom is -0.297 e. The molecule has 3 heteroatoms. The maximum Gasteiger partial charge on any atom is 0.300 e. The van der Waals surface area contributed by atoms with E-state index in [4.69, 9.17) is 0 Å². The first kappa shape index (κ1) is 2.71. The number of hydrogen-bond acceptors (Lipinski definition) is 3. The van der Waals surface area contributed by atoms with Crippen molar-refractivity contribution in [2.24, 2.45) is 0 Å². The Morgan fingerprint density at radius 3 is 2.17 bits per heavy atom. The van der Waals surface area contributed by atoms with Crippen LogP contribution in [0.25, 0.3) is 0 Å². The summed E-state index contributed by atoms with van der Waals surface area (Å²) in [6.07, 6.45) is 1.12. The topological polar surface area (TPSA) is 42.1 Å². The van der Waals surface area contributed by atoms with E-state index in [0.717, 1.165) is 0 Å². The van der Waals surface area contributed by atoms with Crippen molar-refractivity contribution in [1.82, 2.24) is 0 Å². The monoisotopic (exact) mass is 85.0 g/mol. The van der Waals surface area contributed by atoms with Crippen molar-refractivity contribution in [2.75, 3.05) is 0 Å². The van der Waals surface area contributed by atoms with Gasteiger partial charge in [0, 0.05) is 0 Å². The summed E-state index contributed by atoms with van der Waals surface area (Å²) in [6, 6.07) is 0. The van der Waals surface area contributed by atoms with Crippen LogP contribution >= 0.6 is 0 Å². The Bertz CT molecular complexity index is 103. The molecule has 0 aromatic rings. The minimum absolute atomic E-state index is 0.484. The molecule has 2 fully saturated rings. The minimum atomic E-state index is -0.806. The van der Waals surface area contributed by atoms with Crippen LogP contribution in [0.4, 0.5) is 0 Å². The maximum atomic E-state index is 9.66. The standard InChI is InChI=1S/C3HO3/c4-1-3-2(5-3)6-3/h1H. The van der Waals surface area contributed by atoms with Crippen molar-refractivity contribution in [1.29, 1.82) is 0 Å². The molecular weight excluding hydrogens is 84.0 g/mol. The van der Waals surface area contributed by atoms with Gasteiger partial charge in [-0.3, -0.25) is 14.3 Å². The highest BCUT2D eigenvalue weighted by molar-refractivity contribution is 5.73. The highest BCUT2D eigenvalue weighted by atomic mass is 17.0. The SMILES string of the molecule is O=CC12O[C]1O2. The van der Waals surface area contributed by atoms with E-state index in [9.17, 15) is 4.79 Å². The highest BCUT2D eigenvalue weighted by Crippen LogP contribution is 2.62. The van der Waals surface area contributed by atoms with Gasteiger partial charge in [0.2, 0.25) is 0 Å². The summed E-state index contributed by atoms with van der Waals surface area (Å²) < 4.78 is 8.94. The molecule has 2 aliphatic rings. The molecular formula is C3HO3. The van der Waals surface area contributed by atoms with Crippen LogP contribution in [0, 0.1) is 6.29 Å². The lowest BCUT2D eigenvalue weighted by molar-refractivity contribution is -0.123. The average Bonchev–Trinajstić information content (AvgIpc) is 2.12. The Balaban J connectivity index is 2.27. The Morgan fingerprint density at radius 1 is 1.67 bits per heavy atom. The molecule has 2 aliphatic heterocycles. The first-order valence-electron chi connectivity index (χ1n) is 1.59. The van der Waals surface area contributed by atoms with Crippen LogP contribution < -0.4 is 0 Å². The molecule has 0 aliphatic carbocycles. The maximum absolute atomic E-state index is 9.66. The summed E-state index contributed by atoms with van der Waals surface area (Å²) in [5.74, 6) is -0.806. The molecule has 2 heterocycles. The zero-order valence-electron chi connectivity index (χ0n) is 2.80. The highest BCUT2D eigenvalue weighted by Gasteiger charge is 2.80. The fraction of sp³-hybridized carbons (Fsp3) is 0.333. The Labute approximate surface area is 33.8 Å². The molecule has 0 aromatic carbocycles. The van der Waals surface area contributed by atoms with Gasteiger partial charge in [-0.25, -0.2) is 0 Å². The van der Waals surface area contributed by atoms with Crippen LogP contribution in [-0.2, 0) is 14.3 Å². The van der Waals surface area contributed by atoms with Gasteiger partial charge in [-0.2, -0.15) is 0 Å². The van der Waals surface area contributed by atoms with Crippen LogP contribution in [0.3, 0.4) is 0 Å². The molecule has 0 spiro atoms. The van der Waals surface area contributed by atoms with E-state index in [-0.39, 0.29) is 0 Å². The third kappa shape index (κ3) is 0.113. The number of hydrogen-bond donors (Lipinski definition) is 0. The second-order valence-corrected chi connectivity index (χ2v) is 1.28. The summed E-state index contributed by atoms with van der Waals surface area (Å²) in [6.45, 7) is 0. The molecule has 6 heavy (non-hydrogen) atoms. The number of rotatable bonds is 1. The molecule has 0 N–H and O–H groups in total. The van der Waals surface area contributed by atoms with E-state index >= 15 is 0 Å². The van der Waals surface area contributed by atoms with Crippen molar-refractivity contribution >= 4 is 6.29 Å². The predicted molar refractivity (Wildman–Crippen MR) is 14.2 cm³/mol. The normalized spacial score (nSPS) is 34.7. The molecule has 0 saturated carbocycles. The van der Waals surface area contributed by atoms with Gasteiger partial charge in [-0.1, -0.05) is 0 Å². The third-order valence-electron chi connectivity index (χ3n) is 0.845. The third-order valence-corrected chi connectivity index (χ3v) is 0.845. The van der Waals surface area contributed by atoms with E-state index in [1.165, 1.54) is 0 Å². The van der Waals surface area contributed by atoms with E-state index in [1.54, 1.807) is 0 Å². The van der Waals surface area contributed by atoms with Gasteiger partial charge in [0.25, 0.3) is 12.1 Å². The van der Waals surface area contributed by atoms with Gasteiger partial charge in [-0.15, -0.1) is 0 Å². The smallest absolute Gasteiger partial charge is 0.297 e. The number of carbonyl (C=O) groups excluding carboxylic acids is 1. The molecule has 2 rings (SSSR count). The van der Waals surface area contributed by atoms with E-state index in [0.29, 0.717) is 12.6 Å².